The van der Waals surface area contributed by atoms with Gasteiger partial charge in [-0.3, -0.25) is 4.79 Å². The zero-order valence-corrected chi connectivity index (χ0v) is 17.3. The van der Waals surface area contributed by atoms with Crippen LogP contribution < -0.4 is 5.19 Å². The van der Waals surface area contributed by atoms with E-state index in [1.165, 1.54) is 12.3 Å². The predicted molar refractivity (Wildman–Crippen MR) is 103 cm³/mol. The second-order valence-corrected chi connectivity index (χ2v) is 13.3. The van der Waals surface area contributed by atoms with Crippen LogP contribution in [0, 0.1) is 0 Å². The van der Waals surface area contributed by atoms with Gasteiger partial charge in [0.05, 0.1) is 20.8 Å². The van der Waals surface area contributed by atoms with Crippen molar-refractivity contribution in [3.8, 4) is 0 Å². The van der Waals surface area contributed by atoms with Crippen molar-refractivity contribution in [2.75, 3.05) is 7.11 Å². The van der Waals surface area contributed by atoms with Gasteiger partial charge in [-0.25, -0.2) is 0 Å². The maximum absolute atomic E-state index is 11.6. The predicted octanol–water partition coefficient (Wildman–Crippen LogP) is 4.34. The summed E-state index contributed by atoms with van der Waals surface area (Å²) in [6.07, 6.45) is 1.31. The molecule has 24 heavy (non-hydrogen) atoms. The molecule has 1 rings (SSSR count). The van der Waals surface area contributed by atoms with Crippen molar-refractivity contribution in [2.24, 2.45) is 0 Å². The quantitative estimate of drug-likeness (QED) is 0.560. The van der Waals surface area contributed by atoms with E-state index < -0.39 is 13.7 Å². The molecule has 4 heteroatoms. The second-order valence-electron chi connectivity index (χ2n) is 7.88. The average Bonchev–Trinajstić information content (AvgIpc) is 2.49. The van der Waals surface area contributed by atoms with Gasteiger partial charge in [-0.15, -0.1) is 0 Å². The zero-order valence-electron chi connectivity index (χ0n) is 16.3. The van der Waals surface area contributed by atoms with Crippen LogP contribution in [0.4, 0.5) is 0 Å². The van der Waals surface area contributed by atoms with Crippen LogP contribution in [0.25, 0.3) is 0 Å². The van der Waals surface area contributed by atoms with Crippen LogP contribution in [0.1, 0.15) is 59.9 Å². The Labute approximate surface area is 148 Å². The van der Waals surface area contributed by atoms with Crippen molar-refractivity contribution in [3.05, 3.63) is 29.8 Å². The average molecular weight is 351 g/mol. The fourth-order valence-corrected chi connectivity index (χ4v) is 10.1. The summed E-state index contributed by atoms with van der Waals surface area (Å²) in [5, 5.41) is 12.0. The van der Waals surface area contributed by atoms with Gasteiger partial charge in [0.25, 0.3) is 0 Å². The Morgan fingerprint density at radius 2 is 1.71 bits per heavy atom. The minimum atomic E-state index is -1.93. The fourth-order valence-electron chi connectivity index (χ4n) is 4.05. The molecular formula is C20H34O3Si. The number of benzene rings is 1. The van der Waals surface area contributed by atoms with Crippen LogP contribution in [0.2, 0.25) is 17.1 Å². The van der Waals surface area contributed by atoms with E-state index in [1.54, 1.807) is 0 Å². The SMILES string of the molecule is COC(=O)CCC[Si](c1ccccc1C(C)(C)O)(C(C)C)C(C)C. The van der Waals surface area contributed by atoms with E-state index in [4.69, 9.17) is 4.74 Å². The molecule has 1 aromatic carbocycles. The Morgan fingerprint density at radius 3 is 2.17 bits per heavy atom. The van der Waals surface area contributed by atoms with Gasteiger partial charge in [0.2, 0.25) is 0 Å². The van der Waals surface area contributed by atoms with Gasteiger partial charge < -0.3 is 9.84 Å². The first-order valence-corrected chi connectivity index (χ1v) is 11.3. The number of ether oxygens (including phenoxy) is 1. The number of carbonyl (C=O) groups excluding carboxylic acids is 1. The first-order valence-electron chi connectivity index (χ1n) is 8.96. The second kappa shape index (κ2) is 8.30. The molecule has 0 heterocycles. The minimum Gasteiger partial charge on any atom is -0.469 e. The highest BCUT2D eigenvalue weighted by Gasteiger charge is 2.43. The molecule has 0 unspecified atom stereocenters. The lowest BCUT2D eigenvalue weighted by atomic mass is 9.98. The van der Waals surface area contributed by atoms with E-state index in [9.17, 15) is 9.90 Å². The number of hydrogen-bond acceptors (Lipinski definition) is 3. The smallest absolute Gasteiger partial charge is 0.305 e. The van der Waals surface area contributed by atoms with Gasteiger partial charge in [-0.1, -0.05) is 63.2 Å². The number of methoxy groups -OCH3 is 1. The van der Waals surface area contributed by atoms with Crippen LogP contribution in [0.15, 0.2) is 24.3 Å². The molecule has 136 valence electrons. The highest BCUT2D eigenvalue weighted by Crippen LogP contribution is 2.39. The molecule has 0 fully saturated rings. The Morgan fingerprint density at radius 1 is 1.17 bits per heavy atom. The van der Waals surface area contributed by atoms with Crippen molar-refractivity contribution in [1.82, 2.24) is 0 Å². The third-order valence-electron chi connectivity index (χ3n) is 5.35. The number of rotatable bonds is 8. The first kappa shape index (κ1) is 20.9. The molecule has 3 nitrogen and oxygen atoms in total. The maximum atomic E-state index is 11.6. The Balaban J connectivity index is 3.36. The normalized spacial score (nSPS) is 12.8. The Hall–Kier alpha value is -1.13. The van der Waals surface area contributed by atoms with Gasteiger partial charge >= 0.3 is 5.97 Å². The third-order valence-corrected chi connectivity index (χ3v) is 12.1. The van der Waals surface area contributed by atoms with Gasteiger partial charge in [-0.2, -0.15) is 0 Å². The molecule has 0 saturated heterocycles. The standard InChI is InChI=1S/C20H34O3Si/c1-15(2)24(16(3)4,14-10-13-19(21)23-7)18-12-9-8-11-17(18)20(5,6)22/h8-9,11-12,15-16,22H,10,13-14H2,1-7H3. The molecule has 0 aliphatic rings. The Bertz CT molecular complexity index is 536. The lowest BCUT2D eigenvalue weighted by molar-refractivity contribution is -0.140. The van der Waals surface area contributed by atoms with Crippen LogP contribution in [-0.4, -0.2) is 26.3 Å². The van der Waals surface area contributed by atoms with Crippen molar-refractivity contribution in [1.29, 1.82) is 0 Å². The molecule has 0 aromatic heterocycles. The molecule has 1 aromatic rings. The summed E-state index contributed by atoms with van der Waals surface area (Å²) < 4.78 is 4.81. The monoisotopic (exact) mass is 350 g/mol. The molecule has 0 spiro atoms. The maximum Gasteiger partial charge on any atom is 0.305 e. The van der Waals surface area contributed by atoms with Crippen molar-refractivity contribution in [2.45, 2.75) is 77.1 Å². The van der Waals surface area contributed by atoms with Crippen LogP contribution in [0.3, 0.4) is 0 Å². The van der Waals surface area contributed by atoms with Crippen LogP contribution >= 0.6 is 0 Å². The molecule has 0 amide bonds. The van der Waals surface area contributed by atoms with Gasteiger partial charge in [0.15, 0.2) is 0 Å². The van der Waals surface area contributed by atoms with Gasteiger partial charge in [0.1, 0.15) is 0 Å². The summed E-state index contributed by atoms with van der Waals surface area (Å²) in [4.78, 5) is 11.6. The summed E-state index contributed by atoms with van der Waals surface area (Å²) >= 11 is 0. The summed E-state index contributed by atoms with van der Waals surface area (Å²) in [5.41, 5.74) is 1.23. The number of carbonyl (C=O) groups is 1. The van der Waals surface area contributed by atoms with Gasteiger partial charge in [-0.05, 0) is 36.9 Å². The first-order chi connectivity index (χ1) is 11.1. The van der Waals surface area contributed by atoms with Gasteiger partial charge in [0, 0.05) is 6.42 Å². The summed E-state index contributed by atoms with van der Waals surface area (Å²) in [5.74, 6) is -0.138. The van der Waals surface area contributed by atoms with Crippen molar-refractivity contribution >= 4 is 19.2 Å². The van der Waals surface area contributed by atoms with Crippen molar-refractivity contribution in [3.63, 3.8) is 0 Å². The fraction of sp³-hybridized carbons (Fsp3) is 0.650. The number of hydrogen-bond donors (Lipinski definition) is 1. The molecule has 1 N–H and O–H groups in total. The topological polar surface area (TPSA) is 46.5 Å². The van der Waals surface area contributed by atoms with E-state index >= 15 is 0 Å². The molecule has 0 aliphatic carbocycles. The van der Waals surface area contributed by atoms with E-state index in [1.807, 2.05) is 19.9 Å². The molecule has 0 bridgehead atoms. The minimum absolute atomic E-state index is 0.138. The molecule has 0 atom stereocenters. The van der Waals surface area contributed by atoms with E-state index in [-0.39, 0.29) is 5.97 Å². The number of aliphatic hydroxyl groups is 1. The highest BCUT2D eigenvalue weighted by molar-refractivity contribution is 6.94. The lowest BCUT2D eigenvalue weighted by Crippen LogP contribution is -2.55. The number of esters is 1. The van der Waals surface area contributed by atoms with Crippen LogP contribution in [-0.2, 0) is 15.1 Å². The Kier molecular flexibility index (Phi) is 7.23. The lowest BCUT2D eigenvalue weighted by Gasteiger charge is -2.43. The molecule has 0 saturated carbocycles. The van der Waals surface area contributed by atoms with E-state index in [2.05, 4.69) is 45.9 Å². The van der Waals surface area contributed by atoms with Crippen molar-refractivity contribution < 1.29 is 14.6 Å². The van der Waals surface area contributed by atoms with E-state index in [0.717, 1.165) is 18.0 Å². The molecule has 0 radical (unpaired) electrons. The zero-order chi connectivity index (χ0) is 18.5. The molecule has 0 aliphatic heterocycles. The third kappa shape index (κ3) is 4.48. The largest absolute Gasteiger partial charge is 0.469 e. The summed E-state index contributed by atoms with van der Waals surface area (Å²) in [6, 6.07) is 9.38. The summed E-state index contributed by atoms with van der Waals surface area (Å²) in [7, 11) is -0.482. The summed E-state index contributed by atoms with van der Waals surface area (Å²) in [6.45, 7) is 12.9. The molecular weight excluding hydrogens is 316 g/mol. The van der Waals surface area contributed by atoms with Crippen LogP contribution in [0.5, 0.6) is 0 Å². The highest BCUT2D eigenvalue weighted by atomic mass is 28.3. The van der Waals surface area contributed by atoms with E-state index in [0.29, 0.717) is 17.5 Å².